The molecule has 0 unspecified atom stereocenters. The van der Waals surface area contributed by atoms with Gasteiger partial charge in [0, 0.05) is 10.7 Å². The first kappa shape index (κ1) is 13.3. The van der Waals surface area contributed by atoms with E-state index in [0.717, 1.165) is 11.3 Å². The highest BCUT2D eigenvalue weighted by molar-refractivity contribution is 6.31. The number of ether oxygens (including phenoxy) is 1. The molecule has 2 aromatic rings. The Kier molecular flexibility index (Phi) is 3.97. The molecule has 1 heterocycles. The van der Waals surface area contributed by atoms with Crippen LogP contribution in [-0.2, 0) is 4.74 Å². The number of hydrogen-bond acceptors (Lipinski definition) is 5. The minimum atomic E-state index is -0.529. The third kappa shape index (κ3) is 3.00. The number of esters is 1. The number of anilines is 2. The van der Waals surface area contributed by atoms with Crippen LogP contribution in [0.2, 0.25) is 5.02 Å². The van der Waals surface area contributed by atoms with Gasteiger partial charge >= 0.3 is 5.97 Å². The van der Waals surface area contributed by atoms with E-state index in [0.29, 0.717) is 10.8 Å². The van der Waals surface area contributed by atoms with Crippen LogP contribution in [0.1, 0.15) is 16.1 Å². The molecule has 2 rings (SSSR count). The molecule has 0 fully saturated rings. The van der Waals surface area contributed by atoms with Gasteiger partial charge in [0.2, 0.25) is 0 Å². The molecule has 0 atom stereocenters. The van der Waals surface area contributed by atoms with Crippen molar-refractivity contribution in [3.63, 3.8) is 0 Å². The topological polar surface area (TPSA) is 64.1 Å². The summed E-state index contributed by atoms with van der Waals surface area (Å²) in [7, 11) is 1.30. The zero-order chi connectivity index (χ0) is 13.8. The Morgan fingerprint density at radius 1 is 1.37 bits per heavy atom. The number of aromatic nitrogens is 2. The first-order chi connectivity index (χ1) is 9.11. The summed E-state index contributed by atoms with van der Waals surface area (Å²) in [6.45, 7) is 1.89. The Morgan fingerprint density at radius 3 is 2.89 bits per heavy atom. The number of benzene rings is 1. The van der Waals surface area contributed by atoms with Crippen LogP contribution in [0.3, 0.4) is 0 Å². The zero-order valence-corrected chi connectivity index (χ0v) is 11.2. The van der Waals surface area contributed by atoms with E-state index in [9.17, 15) is 4.79 Å². The van der Waals surface area contributed by atoms with E-state index >= 15 is 0 Å². The second-order valence-corrected chi connectivity index (χ2v) is 4.23. The molecule has 1 N–H and O–H groups in total. The van der Waals surface area contributed by atoms with Crippen LogP contribution < -0.4 is 5.32 Å². The van der Waals surface area contributed by atoms with E-state index in [-0.39, 0.29) is 5.69 Å². The quantitative estimate of drug-likeness (QED) is 0.874. The van der Waals surface area contributed by atoms with Gasteiger partial charge in [-0.3, -0.25) is 4.98 Å². The lowest BCUT2D eigenvalue weighted by atomic mass is 10.2. The van der Waals surface area contributed by atoms with E-state index in [1.54, 1.807) is 6.07 Å². The van der Waals surface area contributed by atoms with Crippen molar-refractivity contribution in [1.29, 1.82) is 0 Å². The average molecular weight is 278 g/mol. The molecule has 6 heteroatoms. The average Bonchev–Trinajstić information content (AvgIpc) is 2.43. The van der Waals surface area contributed by atoms with Crippen LogP contribution in [0, 0.1) is 6.92 Å². The lowest BCUT2D eigenvalue weighted by Gasteiger charge is -2.10. The smallest absolute Gasteiger partial charge is 0.358 e. The first-order valence-corrected chi connectivity index (χ1v) is 5.92. The van der Waals surface area contributed by atoms with E-state index in [2.05, 4.69) is 20.0 Å². The molecular weight excluding hydrogens is 266 g/mol. The predicted octanol–water partition coefficient (Wildman–Crippen LogP) is 2.97. The van der Waals surface area contributed by atoms with Crippen LogP contribution >= 0.6 is 11.6 Å². The summed E-state index contributed by atoms with van der Waals surface area (Å²) in [5, 5.41) is 3.72. The van der Waals surface area contributed by atoms with Gasteiger partial charge < -0.3 is 10.1 Å². The Morgan fingerprint density at radius 2 is 2.16 bits per heavy atom. The van der Waals surface area contributed by atoms with Gasteiger partial charge in [-0.2, -0.15) is 0 Å². The van der Waals surface area contributed by atoms with Crippen molar-refractivity contribution in [2.75, 3.05) is 12.4 Å². The first-order valence-electron chi connectivity index (χ1n) is 5.54. The van der Waals surface area contributed by atoms with Crippen molar-refractivity contribution < 1.29 is 9.53 Å². The molecule has 0 amide bonds. The van der Waals surface area contributed by atoms with Crippen molar-refractivity contribution >= 4 is 29.1 Å². The predicted molar refractivity (Wildman–Crippen MR) is 72.8 cm³/mol. The normalized spacial score (nSPS) is 10.1. The second kappa shape index (κ2) is 5.67. The number of rotatable bonds is 3. The molecule has 1 aromatic heterocycles. The number of nitrogens with one attached hydrogen (secondary N) is 1. The molecule has 0 aliphatic carbocycles. The molecule has 0 radical (unpaired) electrons. The SMILES string of the molecule is COC(=O)c1cncc(Nc2cccc(Cl)c2C)n1. The Balaban J connectivity index is 2.28. The summed E-state index contributed by atoms with van der Waals surface area (Å²) in [6, 6.07) is 5.50. The Labute approximate surface area is 115 Å². The van der Waals surface area contributed by atoms with Gasteiger partial charge in [-0.25, -0.2) is 9.78 Å². The molecule has 0 aliphatic rings. The molecule has 5 nitrogen and oxygen atoms in total. The highest BCUT2D eigenvalue weighted by atomic mass is 35.5. The Bertz CT molecular complexity index is 617. The van der Waals surface area contributed by atoms with Crippen LogP contribution in [0.5, 0.6) is 0 Å². The third-order valence-corrected chi connectivity index (χ3v) is 2.97. The molecule has 0 spiro atoms. The van der Waals surface area contributed by atoms with Crippen LogP contribution in [0.4, 0.5) is 11.5 Å². The Hall–Kier alpha value is -2.14. The number of carbonyl (C=O) groups is 1. The van der Waals surface area contributed by atoms with Crippen LogP contribution in [0.15, 0.2) is 30.6 Å². The number of halogens is 1. The largest absolute Gasteiger partial charge is 0.464 e. The van der Waals surface area contributed by atoms with E-state index in [1.807, 2.05) is 19.1 Å². The fourth-order valence-electron chi connectivity index (χ4n) is 1.51. The van der Waals surface area contributed by atoms with Gasteiger partial charge in [-0.1, -0.05) is 17.7 Å². The summed E-state index contributed by atoms with van der Waals surface area (Å²) in [5.74, 6) is -0.0766. The molecular formula is C13H12ClN3O2. The molecule has 1 aromatic carbocycles. The van der Waals surface area contributed by atoms with Crippen molar-refractivity contribution in [2.24, 2.45) is 0 Å². The van der Waals surface area contributed by atoms with E-state index in [1.165, 1.54) is 19.5 Å². The zero-order valence-electron chi connectivity index (χ0n) is 10.5. The molecule has 19 heavy (non-hydrogen) atoms. The summed E-state index contributed by atoms with van der Waals surface area (Å²) in [5.41, 5.74) is 1.85. The molecule has 0 aliphatic heterocycles. The van der Waals surface area contributed by atoms with E-state index < -0.39 is 5.97 Å². The highest BCUT2D eigenvalue weighted by Crippen LogP contribution is 2.25. The number of methoxy groups -OCH3 is 1. The van der Waals surface area contributed by atoms with Gasteiger partial charge in [0.15, 0.2) is 5.69 Å². The van der Waals surface area contributed by atoms with Crippen molar-refractivity contribution in [3.8, 4) is 0 Å². The van der Waals surface area contributed by atoms with Crippen molar-refractivity contribution in [2.45, 2.75) is 6.92 Å². The van der Waals surface area contributed by atoms with Gasteiger partial charge in [0.1, 0.15) is 5.82 Å². The summed E-state index contributed by atoms with van der Waals surface area (Å²) in [6.07, 6.45) is 2.87. The minimum absolute atomic E-state index is 0.146. The maximum atomic E-state index is 11.4. The van der Waals surface area contributed by atoms with Gasteiger partial charge in [-0.15, -0.1) is 0 Å². The van der Waals surface area contributed by atoms with Crippen LogP contribution in [0.25, 0.3) is 0 Å². The highest BCUT2D eigenvalue weighted by Gasteiger charge is 2.09. The lowest BCUT2D eigenvalue weighted by molar-refractivity contribution is 0.0593. The molecule has 98 valence electrons. The second-order valence-electron chi connectivity index (χ2n) is 3.82. The number of carbonyl (C=O) groups excluding carboxylic acids is 1. The van der Waals surface area contributed by atoms with E-state index in [4.69, 9.17) is 11.6 Å². The van der Waals surface area contributed by atoms with Crippen LogP contribution in [-0.4, -0.2) is 23.0 Å². The monoisotopic (exact) mass is 277 g/mol. The molecule has 0 saturated carbocycles. The number of nitrogens with zero attached hydrogens (tertiary/aromatic N) is 2. The fourth-order valence-corrected chi connectivity index (χ4v) is 1.68. The third-order valence-electron chi connectivity index (χ3n) is 2.56. The standard InChI is InChI=1S/C13H12ClN3O2/c1-8-9(14)4-3-5-10(8)16-12-7-15-6-11(17-12)13(18)19-2/h3-7H,1-2H3,(H,16,17). The molecule has 0 bridgehead atoms. The molecule has 0 saturated heterocycles. The fraction of sp³-hybridized carbons (Fsp3) is 0.154. The van der Waals surface area contributed by atoms with Crippen molar-refractivity contribution in [3.05, 3.63) is 46.9 Å². The van der Waals surface area contributed by atoms with Gasteiger partial charge in [-0.05, 0) is 24.6 Å². The summed E-state index contributed by atoms with van der Waals surface area (Å²) >= 11 is 6.03. The lowest BCUT2D eigenvalue weighted by Crippen LogP contribution is -2.07. The summed E-state index contributed by atoms with van der Waals surface area (Å²) < 4.78 is 4.59. The summed E-state index contributed by atoms with van der Waals surface area (Å²) in [4.78, 5) is 19.4. The maximum absolute atomic E-state index is 11.4. The van der Waals surface area contributed by atoms with Gasteiger partial charge in [0.05, 0.1) is 19.5 Å². The minimum Gasteiger partial charge on any atom is -0.464 e. The maximum Gasteiger partial charge on any atom is 0.358 e. The van der Waals surface area contributed by atoms with Gasteiger partial charge in [0.25, 0.3) is 0 Å². The van der Waals surface area contributed by atoms with Crippen molar-refractivity contribution in [1.82, 2.24) is 9.97 Å². The number of hydrogen-bond donors (Lipinski definition) is 1.